The quantitative estimate of drug-likeness (QED) is 0.708. The van der Waals surface area contributed by atoms with E-state index >= 15 is 0 Å². The molecule has 0 aliphatic heterocycles. The lowest BCUT2D eigenvalue weighted by Crippen LogP contribution is -1.96. The van der Waals surface area contributed by atoms with Crippen molar-refractivity contribution in [1.82, 2.24) is 4.98 Å². The second kappa shape index (κ2) is 5.86. The number of rotatable bonds is 3. The highest BCUT2D eigenvalue weighted by atomic mass is 32.2. The second-order valence-electron chi connectivity index (χ2n) is 5.19. The number of aromatic nitrogens is 1. The van der Waals surface area contributed by atoms with Crippen molar-refractivity contribution < 1.29 is 12.8 Å². The van der Waals surface area contributed by atoms with Gasteiger partial charge in [0.2, 0.25) is 0 Å². The maximum Gasteiger partial charge on any atom is 0.175 e. The molecule has 3 rings (SSSR count). The van der Waals surface area contributed by atoms with Crippen molar-refractivity contribution >= 4 is 21.2 Å². The summed E-state index contributed by atoms with van der Waals surface area (Å²) in [5.41, 5.74) is 1.85. The fraction of sp³-hybridized carbons (Fsp3) is 0.118. The van der Waals surface area contributed by atoms with Gasteiger partial charge >= 0.3 is 0 Å². The number of sulfone groups is 1. The minimum absolute atomic E-state index is 0.259. The molecule has 1 aromatic heterocycles. The summed E-state index contributed by atoms with van der Waals surface area (Å²) in [4.78, 5) is 5.54. The van der Waals surface area contributed by atoms with Gasteiger partial charge in [0.25, 0.3) is 0 Å². The van der Waals surface area contributed by atoms with E-state index in [0.717, 1.165) is 15.4 Å². The highest BCUT2D eigenvalue weighted by Crippen LogP contribution is 2.37. The van der Waals surface area contributed by atoms with Crippen LogP contribution < -0.4 is 0 Å². The summed E-state index contributed by atoms with van der Waals surface area (Å²) < 4.78 is 37.2. The first-order valence-electron chi connectivity index (χ1n) is 6.89. The van der Waals surface area contributed by atoms with E-state index in [2.05, 4.69) is 4.98 Å². The molecule has 118 valence electrons. The van der Waals surface area contributed by atoms with Gasteiger partial charge in [0, 0.05) is 11.8 Å². The Morgan fingerprint density at radius 1 is 1.04 bits per heavy atom. The predicted octanol–water partition coefficient (Wildman–Crippen LogP) is 4.33. The number of benzene rings is 2. The van der Waals surface area contributed by atoms with Crippen molar-refractivity contribution in [3.8, 4) is 21.7 Å². The lowest BCUT2D eigenvalue weighted by atomic mass is 10.1. The van der Waals surface area contributed by atoms with Crippen LogP contribution in [0.5, 0.6) is 0 Å². The van der Waals surface area contributed by atoms with E-state index in [-0.39, 0.29) is 10.7 Å². The number of nitrogens with zero attached hydrogens (tertiary/aromatic N) is 1. The summed E-state index contributed by atoms with van der Waals surface area (Å²) in [6.07, 6.45) is 1.17. The summed E-state index contributed by atoms with van der Waals surface area (Å²) >= 11 is 1.46. The predicted molar refractivity (Wildman–Crippen MR) is 90.8 cm³/mol. The van der Waals surface area contributed by atoms with Crippen LogP contribution in [0.2, 0.25) is 0 Å². The lowest BCUT2D eigenvalue weighted by Gasteiger charge is -2.05. The Kier molecular flexibility index (Phi) is 4.04. The van der Waals surface area contributed by atoms with E-state index in [4.69, 9.17) is 0 Å². The molecule has 0 aliphatic rings. The Hall–Kier alpha value is -2.05. The van der Waals surface area contributed by atoms with E-state index in [0.29, 0.717) is 11.3 Å². The molecule has 0 radical (unpaired) electrons. The standard InChI is InChI=1S/C17H14FNO2S2/c1-11-19-16(14-5-3-4-6-15(14)18)17(22-11)12-7-9-13(10-8-12)23(2,20)21/h3-10H,1-2H3. The van der Waals surface area contributed by atoms with Crippen LogP contribution in [0.25, 0.3) is 21.7 Å². The van der Waals surface area contributed by atoms with Gasteiger partial charge in [0.15, 0.2) is 9.84 Å². The summed E-state index contributed by atoms with van der Waals surface area (Å²) in [7, 11) is -3.24. The third-order valence-electron chi connectivity index (χ3n) is 3.41. The van der Waals surface area contributed by atoms with Crippen molar-refractivity contribution in [3.63, 3.8) is 0 Å². The van der Waals surface area contributed by atoms with E-state index < -0.39 is 9.84 Å². The number of thiazole rings is 1. The zero-order chi connectivity index (χ0) is 16.6. The van der Waals surface area contributed by atoms with Gasteiger partial charge in [-0.2, -0.15) is 0 Å². The topological polar surface area (TPSA) is 47.0 Å². The van der Waals surface area contributed by atoms with Crippen LogP contribution in [0.3, 0.4) is 0 Å². The Labute approximate surface area is 138 Å². The fourth-order valence-corrected chi connectivity index (χ4v) is 3.88. The zero-order valence-corrected chi connectivity index (χ0v) is 14.2. The molecule has 3 nitrogen and oxygen atoms in total. The highest BCUT2D eigenvalue weighted by Gasteiger charge is 2.16. The molecule has 23 heavy (non-hydrogen) atoms. The van der Waals surface area contributed by atoms with Crippen LogP contribution in [-0.4, -0.2) is 19.7 Å². The van der Waals surface area contributed by atoms with Crippen LogP contribution in [0.1, 0.15) is 5.01 Å². The highest BCUT2D eigenvalue weighted by molar-refractivity contribution is 7.90. The second-order valence-corrected chi connectivity index (χ2v) is 8.41. The molecule has 0 aliphatic carbocycles. The van der Waals surface area contributed by atoms with Crippen molar-refractivity contribution in [1.29, 1.82) is 0 Å². The van der Waals surface area contributed by atoms with Crippen LogP contribution in [0.15, 0.2) is 53.4 Å². The lowest BCUT2D eigenvalue weighted by molar-refractivity contribution is 0.602. The first-order chi connectivity index (χ1) is 10.9. The molecule has 0 unspecified atom stereocenters. The molecule has 6 heteroatoms. The fourth-order valence-electron chi connectivity index (χ4n) is 2.31. The number of hydrogen-bond donors (Lipinski definition) is 0. The molecule has 0 saturated carbocycles. The van der Waals surface area contributed by atoms with Crippen molar-refractivity contribution in [2.75, 3.05) is 6.26 Å². The van der Waals surface area contributed by atoms with Crippen molar-refractivity contribution in [3.05, 3.63) is 59.4 Å². The zero-order valence-electron chi connectivity index (χ0n) is 12.6. The van der Waals surface area contributed by atoms with E-state index in [9.17, 15) is 12.8 Å². The van der Waals surface area contributed by atoms with E-state index in [1.165, 1.54) is 23.7 Å². The van der Waals surface area contributed by atoms with Crippen LogP contribution in [0.4, 0.5) is 4.39 Å². The van der Waals surface area contributed by atoms with Gasteiger partial charge in [-0.3, -0.25) is 0 Å². The van der Waals surface area contributed by atoms with Gasteiger partial charge in [-0.1, -0.05) is 24.3 Å². The minimum Gasteiger partial charge on any atom is -0.241 e. The molecule has 2 aromatic carbocycles. The summed E-state index contributed by atoms with van der Waals surface area (Å²) in [6.45, 7) is 1.86. The third-order valence-corrected chi connectivity index (χ3v) is 5.56. The smallest absolute Gasteiger partial charge is 0.175 e. The monoisotopic (exact) mass is 347 g/mol. The average molecular weight is 347 g/mol. The number of aryl methyl sites for hydroxylation is 1. The van der Waals surface area contributed by atoms with Crippen molar-refractivity contribution in [2.45, 2.75) is 11.8 Å². The Morgan fingerprint density at radius 3 is 2.30 bits per heavy atom. The molecule has 0 spiro atoms. The van der Waals surface area contributed by atoms with Gasteiger partial charge in [0.05, 0.1) is 20.5 Å². The third kappa shape index (κ3) is 3.18. The maximum atomic E-state index is 14.1. The first kappa shape index (κ1) is 15.8. The van der Waals surface area contributed by atoms with E-state index in [1.54, 1.807) is 42.5 Å². The Bertz CT molecular complexity index is 961. The summed E-state index contributed by atoms with van der Waals surface area (Å²) in [5, 5.41) is 0.824. The summed E-state index contributed by atoms with van der Waals surface area (Å²) in [5.74, 6) is -0.327. The molecular weight excluding hydrogens is 333 g/mol. The largest absolute Gasteiger partial charge is 0.241 e. The molecular formula is C17H14FNO2S2. The molecule has 0 saturated heterocycles. The van der Waals surface area contributed by atoms with Gasteiger partial charge < -0.3 is 0 Å². The summed E-state index contributed by atoms with van der Waals surface area (Å²) in [6, 6.07) is 13.1. The Morgan fingerprint density at radius 2 is 1.70 bits per heavy atom. The van der Waals surface area contributed by atoms with Gasteiger partial charge in [-0.05, 0) is 36.8 Å². The van der Waals surface area contributed by atoms with Crippen LogP contribution in [0, 0.1) is 12.7 Å². The van der Waals surface area contributed by atoms with Gasteiger partial charge in [0.1, 0.15) is 5.82 Å². The molecule has 0 bridgehead atoms. The molecule has 1 heterocycles. The normalized spacial score (nSPS) is 11.6. The molecule has 3 aromatic rings. The SMILES string of the molecule is Cc1nc(-c2ccccc2F)c(-c2ccc(S(C)(=O)=O)cc2)s1. The molecule has 0 atom stereocenters. The number of halogens is 1. The average Bonchev–Trinajstić information content (AvgIpc) is 2.89. The first-order valence-corrected chi connectivity index (χ1v) is 9.60. The molecule has 0 fully saturated rings. The van der Waals surface area contributed by atoms with E-state index in [1.807, 2.05) is 6.92 Å². The Balaban J connectivity index is 2.13. The molecule has 0 N–H and O–H groups in total. The van der Waals surface area contributed by atoms with Crippen LogP contribution in [-0.2, 0) is 9.84 Å². The van der Waals surface area contributed by atoms with Gasteiger partial charge in [-0.25, -0.2) is 17.8 Å². The van der Waals surface area contributed by atoms with Gasteiger partial charge in [-0.15, -0.1) is 11.3 Å². The maximum absolute atomic E-state index is 14.1. The van der Waals surface area contributed by atoms with Crippen LogP contribution >= 0.6 is 11.3 Å². The number of hydrogen-bond acceptors (Lipinski definition) is 4. The molecule has 0 amide bonds. The minimum atomic E-state index is -3.24. The van der Waals surface area contributed by atoms with Crippen molar-refractivity contribution in [2.24, 2.45) is 0 Å².